The third kappa shape index (κ3) is 4.63. The van der Waals surface area contributed by atoms with Gasteiger partial charge in [0.15, 0.2) is 0 Å². The highest BCUT2D eigenvalue weighted by molar-refractivity contribution is 5.78. The molecule has 0 unspecified atom stereocenters. The van der Waals surface area contributed by atoms with E-state index in [1.165, 1.54) is 6.07 Å². The van der Waals surface area contributed by atoms with Gasteiger partial charge in [0.1, 0.15) is 5.82 Å². The third-order valence-electron chi connectivity index (χ3n) is 4.66. The number of carbonyl (C=O) groups excluding carboxylic acids is 1. The normalized spacial score (nSPS) is 17.3. The first kappa shape index (κ1) is 17.5. The Kier molecular flexibility index (Phi) is 5.76. The Bertz CT molecular complexity index is 734. The maximum atomic E-state index is 13.6. The van der Waals surface area contributed by atoms with Crippen molar-refractivity contribution in [1.29, 1.82) is 0 Å². The lowest BCUT2D eigenvalue weighted by atomic mass is 10.1. The number of nitrogens with zero attached hydrogens (tertiary/aromatic N) is 2. The molecule has 0 bridgehead atoms. The third-order valence-corrected chi connectivity index (χ3v) is 4.66. The number of benzene rings is 1. The minimum atomic E-state index is -0.182. The predicted molar refractivity (Wildman–Crippen MR) is 95.3 cm³/mol. The fraction of sp³-hybridized carbons (Fsp3) is 0.400. The zero-order valence-electron chi connectivity index (χ0n) is 14.5. The summed E-state index contributed by atoms with van der Waals surface area (Å²) < 4.78 is 13.6. The summed E-state index contributed by atoms with van der Waals surface area (Å²) in [5.74, 6) is 0.0144. The van der Waals surface area contributed by atoms with Crippen molar-refractivity contribution >= 4 is 5.91 Å². The highest BCUT2D eigenvalue weighted by Gasteiger charge is 2.30. The van der Waals surface area contributed by atoms with Gasteiger partial charge in [0.2, 0.25) is 5.91 Å². The summed E-state index contributed by atoms with van der Waals surface area (Å²) in [6.07, 6.45) is 2.35. The van der Waals surface area contributed by atoms with Crippen molar-refractivity contribution in [3.8, 4) is 0 Å². The maximum absolute atomic E-state index is 13.6. The molecule has 0 saturated carbocycles. The first-order valence-corrected chi connectivity index (χ1v) is 8.79. The minimum Gasteiger partial charge on any atom is -0.334 e. The van der Waals surface area contributed by atoms with E-state index in [-0.39, 0.29) is 17.8 Å². The van der Waals surface area contributed by atoms with Crippen LogP contribution in [0.1, 0.15) is 36.2 Å². The summed E-state index contributed by atoms with van der Waals surface area (Å²) in [7, 11) is 0. The van der Waals surface area contributed by atoms with Gasteiger partial charge in [-0.2, -0.15) is 0 Å². The molecule has 1 N–H and O–H groups in total. The summed E-state index contributed by atoms with van der Waals surface area (Å²) in [5.41, 5.74) is 2.57. The van der Waals surface area contributed by atoms with Crippen LogP contribution >= 0.6 is 0 Å². The Morgan fingerprint density at radius 2 is 2.08 bits per heavy atom. The smallest absolute Gasteiger partial charge is 0.223 e. The standard InChI is InChI=1S/C20H24FN3O/c1-15-5-4-7-17(23-15)14-24-18(9-10-20(24)25)11-12-22-13-16-6-2-3-8-19(16)21/h2-8,18,22H,9-14H2,1H3/t18-/m1/s1. The molecule has 0 spiro atoms. The van der Waals surface area contributed by atoms with Crippen LogP contribution in [0.3, 0.4) is 0 Å². The molecule has 1 aromatic heterocycles. The van der Waals surface area contributed by atoms with Crippen LogP contribution in [0.25, 0.3) is 0 Å². The van der Waals surface area contributed by atoms with Gasteiger partial charge >= 0.3 is 0 Å². The number of hydrogen-bond acceptors (Lipinski definition) is 3. The number of halogens is 1. The fourth-order valence-electron chi connectivity index (χ4n) is 3.31. The van der Waals surface area contributed by atoms with Crippen LogP contribution in [0.4, 0.5) is 4.39 Å². The van der Waals surface area contributed by atoms with E-state index in [1.54, 1.807) is 12.1 Å². The Morgan fingerprint density at radius 1 is 1.24 bits per heavy atom. The van der Waals surface area contributed by atoms with Gasteiger partial charge < -0.3 is 10.2 Å². The lowest BCUT2D eigenvalue weighted by Gasteiger charge is -2.25. The summed E-state index contributed by atoms with van der Waals surface area (Å²) in [4.78, 5) is 18.6. The molecule has 132 valence electrons. The number of aromatic nitrogens is 1. The van der Waals surface area contributed by atoms with E-state index in [0.717, 1.165) is 30.8 Å². The number of rotatable bonds is 7. The van der Waals surface area contributed by atoms with Crippen LogP contribution in [0.5, 0.6) is 0 Å². The SMILES string of the molecule is Cc1cccc(CN2C(=O)CC[C@@H]2CCNCc2ccccc2F)n1. The molecule has 0 radical (unpaired) electrons. The van der Waals surface area contributed by atoms with Crippen molar-refractivity contribution in [3.05, 3.63) is 65.2 Å². The molecule has 1 atom stereocenters. The molecule has 1 aliphatic rings. The zero-order chi connectivity index (χ0) is 17.6. The van der Waals surface area contributed by atoms with Crippen molar-refractivity contribution in [3.63, 3.8) is 0 Å². The van der Waals surface area contributed by atoms with Crippen LogP contribution in [-0.2, 0) is 17.9 Å². The van der Waals surface area contributed by atoms with Crippen molar-refractivity contribution in [2.45, 2.75) is 45.3 Å². The number of hydrogen-bond donors (Lipinski definition) is 1. The molecule has 1 aromatic carbocycles. The molecule has 1 fully saturated rings. The molecule has 1 aliphatic heterocycles. The molecule has 1 saturated heterocycles. The Labute approximate surface area is 148 Å². The second kappa shape index (κ2) is 8.21. The summed E-state index contributed by atoms with van der Waals surface area (Å²) in [6, 6.07) is 12.9. The largest absolute Gasteiger partial charge is 0.334 e. The van der Waals surface area contributed by atoms with Gasteiger partial charge in [0, 0.05) is 30.3 Å². The Morgan fingerprint density at radius 3 is 2.88 bits per heavy atom. The van der Waals surface area contributed by atoms with Crippen molar-refractivity contribution in [2.75, 3.05) is 6.54 Å². The van der Waals surface area contributed by atoms with Gasteiger partial charge in [-0.3, -0.25) is 9.78 Å². The van der Waals surface area contributed by atoms with Gasteiger partial charge in [-0.25, -0.2) is 4.39 Å². The number of aryl methyl sites for hydroxylation is 1. The average molecular weight is 341 g/mol. The van der Waals surface area contributed by atoms with Crippen LogP contribution in [-0.4, -0.2) is 28.4 Å². The zero-order valence-corrected chi connectivity index (χ0v) is 14.5. The topological polar surface area (TPSA) is 45.2 Å². The molecule has 3 rings (SSSR count). The minimum absolute atomic E-state index is 0.182. The second-order valence-corrected chi connectivity index (χ2v) is 6.54. The van der Waals surface area contributed by atoms with Crippen LogP contribution in [0, 0.1) is 12.7 Å². The number of nitrogens with one attached hydrogen (secondary N) is 1. The summed E-state index contributed by atoms with van der Waals surface area (Å²) >= 11 is 0. The van der Waals surface area contributed by atoms with E-state index in [1.807, 2.05) is 36.1 Å². The van der Waals surface area contributed by atoms with Crippen LogP contribution < -0.4 is 5.32 Å². The van der Waals surface area contributed by atoms with Crippen LogP contribution in [0.2, 0.25) is 0 Å². The molecular weight excluding hydrogens is 317 g/mol. The van der Waals surface area contributed by atoms with Crippen molar-refractivity contribution < 1.29 is 9.18 Å². The first-order valence-electron chi connectivity index (χ1n) is 8.79. The number of amides is 1. The second-order valence-electron chi connectivity index (χ2n) is 6.54. The van der Waals surface area contributed by atoms with Gasteiger partial charge in [0.05, 0.1) is 12.2 Å². The molecule has 2 heterocycles. The Balaban J connectivity index is 1.51. The molecule has 25 heavy (non-hydrogen) atoms. The number of carbonyl (C=O) groups is 1. The molecule has 2 aromatic rings. The molecule has 0 aliphatic carbocycles. The van der Waals surface area contributed by atoms with E-state index in [9.17, 15) is 9.18 Å². The predicted octanol–water partition coefficient (Wildman–Crippen LogP) is 3.20. The summed E-state index contributed by atoms with van der Waals surface area (Å²) in [6.45, 7) is 3.79. The monoisotopic (exact) mass is 341 g/mol. The highest BCUT2D eigenvalue weighted by atomic mass is 19.1. The van der Waals surface area contributed by atoms with E-state index >= 15 is 0 Å². The lowest BCUT2D eigenvalue weighted by Crippen LogP contribution is -2.35. The fourth-order valence-corrected chi connectivity index (χ4v) is 3.31. The molecule has 1 amide bonds. The van der Waals surface area contributed by atoms with Crippen molar-refractivity contribution in [2.24, 2.45) is 0 Å². The van der Waals surface area contributed by atoms with Gasteiger partial charge in [-0.1, -0.05) is 24.3 Å². The van der Waals surface area contributed by atoms with Crippen molar-refractivity contribution in [1.82, 2.24) is 15.2 Å². The quantitative estimate of drug-likeness (QED) is 0.787. The van der Waals surface area contributed by atoms with Crippen LogP contribution in [0.15, 0.2) is 42.5 Å². The highest BCUT2D eigenvalue weighted by Crippen LogP contribution is 2.23. The van der Waals surface area contributed by atoms with E-state index in [4.69, 9.17) is 0 Å². The molecular formula is C20H24FN3O. The van der Waals surface area contributed by atoms with E-state index in [2.05, 4.69) is 10.3 Å². The molecule has 4 nitrogen and oxygen atoms in total. The molecule has 5 heteroatoms. The number of pyridine rings is 1. The van der Waals surface area contributed by atoms with Gasteiger partial charge in [0.25, 0.3) is 0 Å². The van der Waals surface area contributed by atoms with Gasteiger partial charge in [-0.05, 0) is 44.5 Å². The maximum Gasteiger partial charge on any atom is 0.223 e. The average Bonchev–Trinajstić information content (AvgIpc) is 2.93. The van der Waals surface area contributed by atoms with E-state index in [0.29, 0.717) is 25.1 Å². The lowest BCUT2D eigenvalue weighted by molar-refractivity contribution is -0.129. The van der Waals surface area contributed by atoms with E-state index < -0.39 is 0 Å². The van der Waals surface area contributed by atoms with Gasteiger partial charge in [-0.15, -0.1) is 0 Å². The number of likely N-dealkylation sites (tertiary alicyclic amines) is 1. The summed E-state index contributed by atoms with van der Waals surface area (Å²) in [5, 5.41) is 3.28. The first-order chi connectivity index (χ1) is 12.1. The Hall–Kier alpha value is -2.27.